The summed E-state index contributed by atoms with van der Waals surface area (Å²) in [5.74, 6) is -1.31. The molecule has 6 heteroatoms. The fourth-order valence-corrected chi connectivity index (χ4v) is 1.97. The van der Waals surface area contributed by atoms with Crippen molar-refractivity contribution in [1.29, 1.82) is 5.26 Å². The monoisotopic (exact) mass is 289 g/mol. The van der Waals surface area contributed by atoms with Crippen LogP contribution in [0.4, 0.5) is 15.8 Å². The Kier molecular flexibility index (Phi) is 3.87. The second-order valence-electron chi connectivity index (χ2n) is 3.93. The minimum Gasteiger partial charge on any atom is -0.398 e. The van der Waals surface area contributed by atoms with Gasteiger partial charge in [0, 0.05) is 5.69 Å². The van der Waals surface area contributed by atoms with Gasteiger partial charge in [0.05, 0.1) is 16.3 Å². The molecule has 4 nitrogen and oxygen atoms in total. The van der Waals surface area contributed by atoms with E-state index in [1.54, 1.807) is 12.1 Å². The number of nitrogens with zero attached hydrogens (tertiary/aromatic N) is 1. The van der Waals surface area contributed by atoms with Crippen LogP contribution in [0, 0.1) is 17.1 Å². The van der Waals surface area contributed by atoms with Gasteiger partial charge in [0.2, 0.25) is 0 Å². The Labute approximate surface area is 119 Å². The number of nitrogen functional groups attached to an aromatic ring is 1. The number of carbonyl (C=O) groups excluding carboxylic acids is 1. The van der Waals surface area contributed by atoms with E-state index in [2.05, 4.69) is 5.32 Å². The molecule has 0 aliphatic heterocycles. The number of halogens is 2. The van der Waals surface area contributed by atoms with E-state index < -0.39 is 11.7 Å². The number of rotatable bonds is 2. The molecule has 0 saturated carbocycles. The van der Waals surface area contributed by atoms with Crippen LogP contribution in [-0.4, -0.2) is 5.91 Å². The molecule has 0 aliphatic carbocycles. The standard InChI is InChI=1S/C14H9ClFN3O/c15-9-3-1-5-11(18)13(9)14(20)19-12-6-2-4-10(16)8(12)7-17/h1-6H,18H2,(H,19,20). The molecule has 2 aromatic carbocycles. The second-order valence-corrected chi connectivity index (χ2v) is 4.34. The molecule has 100 valence electrons. The first-order valence-corrected chi connectivity index (χ1v) is 5.96. The summed E-state index contributed by atoms with van der Waals surface area (Å²) in [6.07, 6.45) is 0. The highest BCUT2D eigenvalue weighted by Crippen LogP contribution is 2.24. The molecule has 0 atom stereocenters. The Morgan fingerprint density at radius 1 is 1.30 bits per heavy atom. The van der Waals surface area contributed by atoms with Gasteiger partial charge in [-0.1, -0.05) is 23.7 Å². The maximum Gasteiger partial charge on any atom is 0.259 e. The average molecular weight is 290 g/mol. The van der Waals surface area contributed by atoms with E-state index in [0.29, 0.717) is 0 Å². The number of hydrogen-bond acceptors (Lipinski definition) is 3. The van der Waals surface area contributed by atoms with Gasteiger partial charge in [-0.05, 0) is 24.3 Å². The van der Waals surface area contributed by atoms with E-state index in [0.717, 1.165) is 6.07 Å². The van der Waals surface area contributed by atoms with E-state index in [1.807, 2.05) is 0 Å². The number of nitriles is 1. The van der Waals surface area contributed by atoms with E-state index in [9.17, 15) is 9.18 Å². The zero-order valence-electron chi connectivity index (χ0n) is 10.2. The van der Waals surface area contributed by atoms with Crippen molar-refractivity contribution in [3.8, 4) is 6.07 Å². The minimum atomic E-state index is -0.711. The summed E-state index contributed by atoms with van der Waals surface area (Å²) in [5, 5.41) is 11.5. The summed E-state index contributed by atoms with van der Waals surface area (Å²) in [6.45, 7) is 0. The normalized spacial score (nSPS) is 9.85. The topological polar surface area (TPSA) is 78.9 Å². The van der Waals surface area contributed by atoms with Gasteiger partial charge in [0.25, 0.3) is 5.91 Å². The Morgan fingerprint density at radius 3 is 2.65 bits per heavy atom. The van der Waals surface area contributed by atoms with Crippen molar-refractivity contribution >= 4 is 28.9 Å². The first kappa shape index (κ1) is 13.8. The van der Waals surface area contributed by atoms with Crippen LogP contribution in [0.3, 0.4) is 0 Å². The van der Waals surface area contributed by atoms with Crippen molar-refractivity contribution in [2.24, 2.45) is 0 Å². The second kappa shape index (κ2) is 5.59. The Morgan fingerprint density at radius 2 is 2.00 bits per heavy atom. The van der Waals surface area contributed by atoms with E-state index in [1.165, 1.54) is 24.3 Å². The Hall–Kier alpha value is -2.58. The number of benzene rings is 2. The van der Waals surface area contributed by atoms with Crippen LogP contribution in [0.15, 0.2) is 36.4 Å². The first-order valence-electron chi connectivity index (χ1n) is 5.58. The fourth-order valence-electron chi connectivity index (χ4n) is 1.71. The van der Waals surface area contributed by atoms with Crippen molar-refractivity contribution < 1.29 is 9.18 Å². The van der Waals surface area contributed by atoms with Crippen LogP contribution in [-0.2, 0) is 0 Å². The number of nitrogens with two attached hydrogens (primary N) is 1. The number of hydrogen-bond donors (Lipinski definition) is 2. The Balaban J connectivity index is 2.39. The number of amides is 1. The third-order valence-electron chi connectivity index (χ3n) is 2.65. The third kappa shape index (κ3) is 2.56. The highest BCUT2D eigenvalue weighted by Gasteiger charge is 2.16. The maximum absolute atomic E-state index is 13.4. The SMILES string of the molecule is N#Cc1c(F)cccc1NC(=O)c1c(N)cccc1Cl. The van der Waals surface area contributed by atoms with Gasteiger partial charge in [-0.2, -0.15) is 5.26 Å². The first-order chi connectivity index (χ1) is 9.54. The molecule has 0 saturated heterocycles. The smallest absolute Gasteiger partial charge is 0.259 e. The summed E-state index contributed by atoms with van der Waals surface area (Å²) >= 11 is 5.92. The van der Waals surface area contributed by atoms with Crippen LogP contribution in [0.1, 0.15) is 15.9 Å². The highest BCUT2D eigenvalue weighted by molar-refractivity contribution is 6.35. The van der Waals surface area contributed by atoms with Crippen LogP contribution >= 0.6 is 11.6 Å². The van der Waals surface area contributed by atoms with Crippen molar-refractivity contribution in [2.45, 2.75) is 0 Å². The molecule has 2 aromatic rings. The van der Waals surface area contributed by atoms with Gasteiger partial charge in [-0.15, -0.1) is 0 Å². The minimum absolute atomic E-state index is 0.0665. The number of carbonyl (C=O) groups is 1. The quantitative estimate of drug-likeness (QED) is 0.833. The molecule has 0 heterocycles. The van der Waals surface area contributed by atoms with E-state index in [-0.39, 0.29) is 27.5 Å². The van der Waals surface area contributed by atoms with E-state index in [4.69, 9.17) is 22.6 Å². The molecule has 0 aromatic heterocycles. The van der Waals surface area contributed by atoms with Crippen molar-refractivity contribution in [3.05, 3.63) is 58.4 Å². The lowest BCUT2D eigenvalue weighted by Crippen LogP contribution is -2.15. The van der Waals surface area contributed by atoms with Crippen molar-refractivity contribution in [2.75, 3.05) is 11.1 Å². The summed E-state index contributed by atoms with van der Waals surface area (Å²) in [5.41, 5.74) is 5.80. The van der Waals surface area contributed by atoms with Gasteiger partial charge in [0.1, 0.15) is 17.4 Å². The predicted octanol–water partition coefficient (Wildman–Crippen LogP) is 3.19. The van der Waals surface area contributed by atoms with Gasteiger partial charge >= 0.3 is 0 Å². The number of nitrogens with one attached hydrogen (secondary N) is 1. The summed E-state index contributed by atoms with van der Waals surface area (Å²) in [4.78, 5) is 12.1. The summed E-state index contributed by atoms with van der Waals surface area (Å²) in [6, 6.07) is 10.3. The van der Waals surface area contributed by atoms with Crippen LogP contribution in [0.25, 0.3) is 0 Å². The summed E-state index contributed by atoms with van der Waals surface area (Å²) < 4.78 is 13.4. The van der Waals surface area contributed by atoms with Crippen molar-refractivity contribution in [3.63, 3.8) is 0 Å². The lowest BCUT2D eigenvalue weighted by molar-refractivity contribution is 0.102. The molecule has 2 rings (SSSR count). The molecular weight excluding hydrogens is 281 g/mol. The molecule has 0 fully saturated rings. The zero-order chi connectivity index (χ0) is 14.7. The molecule has 3 N–H and O–H groups in total. The van der Waals surface area contributed by atoms with Gasteiger partial charge in [-0.25, -0.2) is 4.39 Å². The van der Waals surface area contributed by atoms with Gasteiger partial charge < -0.3 is 11.1 Å². The number of anilines is 2. The lowest BCUT2D eigenvalue weighted by atomic mass is 10.1. The van der Waals surface area contributed by atoms with Crippen molar-refractivity contribution in [1.82, 2.24) is 0 Å². The lowest BCUT2D eigenvalue weighted by Gasteiger charge is -2.10. The largest absolute Gasteiger partial charge is 0.398 e. The van der Waals surface area contributed by atoms with Crippen LogP contribution in [0.5, 0.6) is 0 Å². The zero-order valence-corrected chi connectivity index (χ0v) is 10.9. The third-order valence-corrected chi connectivity index (χ3v) is 2.96. The van der Waals surface area contributed by atoms with E-state index >= 15 is 0 Å². The fraction of sp³-hybridized carbons (Fsp3) is 0. The van der Waals surface area contributed by atoms with Crippen LogP contribution in [0.2, 0.25) is 5.02 Å². The van der Waals surface area contributed by atoms with Crippen LogP contribution < -0.4 is 11.1 Å². The molecule has 20 heavy (non-hydrogen) atoms. The summed E-state index contributed by atoms with van der Waals surface area (Å²) in [7, 11) is 0. The predicted molar refractivity (Wildman–Crippen MR) is 74.9 cm³/mol. The molecular formula is C14H9ClFN3O. The molecule has 0 spiro atoms. The van der Waals surface area contributed by atoms with Gasteiger partial charge in [0.15, 0.2) is 0 Å². The molecule has 0 unspecified atom stereocenters. The van der Waals surface area contributed by atoms with Gasteiger partial charge in [-0.3, -0.25) is 4.79 Å². The molecule has 0 radical (unpaired) electrons. The molecule has 1 amide bonds. The maximum atomic E-state index is 13.4. The molecule has 0 bridgehead atoms. The highest BCUT2D eigenvalue weighted by atomic mass is 35.5. The Bertz CT molecular complexity index is 705. The molecule has 0 aliphatic rings. The average Bonchev–Trinajstić information content (AvgIpc) is 2.38.